The molecule has 86 valence electrons. The van der Waals surface area contributed by atoms with Gasteiger partial charge in [-0.15, -0.1) is 0 Å². The van der Waals surface area contributed by atoms with Gasteiger partial charge < -0.3 is 10.5 Å². The molecule has 16 heavy (non-hydrogen) atoms. The summed E-state index contributed by atoms with van der Waals surface area (Å²) in [5, 5.41) is 0. The van der Waals surface area contributed by atoms with Crippen LogP contribution in [-0.2, 0) is 9.53 Å². The molecule has 1 aromatic carbocycles. The van der Waals surface area contributed by atoms with E-state index in [4.69, 9.17) is 10.5 Å². The van der Waals surface area contributed by atoms with Gasteiger partial charge in [0.25, 0.3) is 0 Å². The largest absolute Gasteiger partial charge is 0.462 e. The SMILES string of the molecule is CCCOC(=O)C=C(N)c1ccccc1F. The van der Waals surface area contributed by atoms with E-state index in [2.05, 4.69) is 0 Å². The molecule has 0 atom stereocenters. The average molecular weight is 223 g/mol. The van der Waals surface area contributed by atoms with Crippen LogP contribution in [0, 0.1) is 5.82 Å². The third kappa shape index (κ3) is 3.38. The van der Waals surface area contributed by atoms with Gasteiger partial charge in [0.05, 0.1) is 6.61 Å². The summed E-state index contributed by atoms with van der Waals surface area (Å²) < 4.78 is 18.1. The average Bonchev–Trinajstić information content (AvgIpc) is 2.26. The van der Waals surface area contributed by atoms with Gasteiger partial charge in [-0.3, -0.25) is 0 Å². The number of benzene rings is 1. The van der Waals surface area contributed by atoms with E-state index in [1.165, 1.54) is 12.1 Å². The van der Waals surface area contributed by atoms with E-state index < -0.39 is 11.8 Å². The Hall–Kier alpha value is -1.84. The maximum atomic E-state index is 13.3. The molecule has 1 rings (SSSR count). The van der Waals surface area contributed by atoms with Gasteiger partial charge in [-0.2, -0.15) is 0 Å². The lowest BCUT2D eigenvalue weighted by molar-refractivity contribution is -0.137. The zero-order valence-electron chi connectivity index (χ0n) is 9.07. The molecule has 0 aliphatic carbocycles. The molecule has 0 aromatic heterocycles. The van der Waals surface area contributed by atoms with Gasteiger partial charge in [0, 0.05) is 17.3 Å². The Kier molecular flexibility index (Phi) is 4.51. The summed E-state index contributed by atoms with van der Waals surface area (Å²) in [4.78, 5) is 11.2. The van der Waals surface area contributed by atoms with Crippen molar-refractivity contribution in [2.45, 2.75) is 13.3 Å². The second kappa shape index (κ2) is 5.90. The Bertz CT molecular complexity index is 402. The smallest absolute Gasteiger partial charge is 0.332 e. The Balaban J connectivity index is 2.77. The van der Waals surface area contributed by atoms with Gasteiger partial charge in [0.2, 0.25) is 0 Å². The van der Waals surface area contributed by atoms with E-state index in [-0.39, 0.29) is 11.3 Å². The summed E-state index contributed by atoms with van der Waals surface area (Å²) >= 11 is 0. The molecule has 0 saturated heterocycles. The van der Waals surface area contributed by atoms with Crippen LogP contribution >= 0.6 is 0 Å². The summed E-state index contributed by atoms with van der Waals surface area (Å²) in [6, 6.07) is 6.00. The van der Waals surface area contributed by atoms with Crippen LogP contribution in [0.25, 0.3) is 5.70 Å². The molecular formula is C12H14FNO2. The van der Waals surface area contributed by atoms with E-state index in [9.17, 15) is 9.18 Å². The van der Waals surface area contributed by atoms with Crippen LogP contribution < -0.4 is 5.73 Å². The van der Waals surface area contributed by atoms with Crippen molar-refractivity contribution in [1.82, 2.24) is 0 Å². The highest BCUT2D eigenvalue weighted by molar-refractivity contribution is 5.90. The Labute approximate surface area is 93.7 Å². The number of hydrogen-bond acceptors (Lipinski definition) is 3. The molecular weight excluding hydrogens is 209 g/mol. The number of carbonyl (C=O) groups excluding carboxylic acids is 1. The molecule has 0 aliphatic rings. The second-order valence-corrected chi connectivity index (χ2v) is 3.25. The predicted molar refractivity (Wildman–Crippen MR) is 59.8 cm³/mol. The summed E-state index contributed by atoms with van der Waals surface area (Å²) in [5.41, 5.74) is 5.86. The van der Waals surface area contributed by atoms with Crippen molar-refractivity contribution in [3.63, 3.8) is 0 Å². The minimum atomic E-state index is -0.553. The topological polar surface area (TPSA) is 52.3 Å². The van der Waals surface area contributed by atoms with Gasteiger partial charge >= 0.3 is 5.97 Å². The van der Waals surface area contributed by atoms with E-state index >= 15 is 0 Å². The Morgan fingerprint density at radius 1 is 1.50 bits per heavy atom. The summed E-state index contributed by atoms with van der Waals surface area (Å²) in [5.74, 6) is -1.01. The minimum absolute atomic E-state index is 0.0687. The lowest BCUT2D eigenvalue weighted by atomic mass is 10.1. The number of ether oxygens (including phenoxy) is 1. The highest BCUT2D eigenvalue weighted by atomic mass is 19.1. The fourth-order valence-electron chi connectivity index (χ4n) is 1.14. The van der Waals surface area contributed by atoms with Crippen molar-refractivity contribution in [3.05, 3.63) is 41.7 Å². The number of esters is 1. The van der Waals surface area contributed by atoms with E-state index in [1.807, 2.05) is 6.92 Å². The third-order valence-corrected chi connectivity index (χ3v) is 1.91. The lowest BCUT2D eigenvalue weighted by Crippen LogP contribution is -2.07. The predicted octanol–water partition coefficient (Wildman–Crippen LogP) is 2.08. The number of halogens is 1. The Morgan fingerprint density at radius 2 is 2.19 bits per heavy atom. The molecule has 0 radical (unpaired) electrons. The summed E-state index contributed by atoms with van der Waals surface area (Å²) in [6.45, 7) is 2.22. The van der Waals surface area contributed by atoms with Crippen LogP contribution in [0.2, 0.25) is 0 Å². The maximum Gasteiger partial charge on any atom is 0.332 e. The summed E-state index contributed by atoms with van der Waals surface area (Å²) in [7, 11) is 0. The van der Waals surface area contributed by atoms with Gasteiger partial charge in [-0.05, 0) is 18.6 Å². The zero-order valence-corrected chi connectivity index (χ0v) is 9.07. The quantitative estimate of drug-likeness (QED) is 0.628. The second-order valence-electron chi connectivity index (χ2n) is 3.25. The molecule has 3 nitrogen and oxygen atoms in total. The molecule has 4 heteroatoms. The summed E-state index contributed by atoms with van der Waals surface area (Å²) in [6.07, 6.45) is 1.83. The zero-order chi connectivity index (χ0) is 12.0. The van der Waals surface area contributed by atoms with Crippen LogP contribution in [-0.4, -0.2) is 12.6 Å². The molecule has 0 fully saturated rings. The fraction of sp³-hybridized carbons (Fsp3) is 0.250. The van der Waals surface area contributed by atoms with E-state index in [1.54, 1.807) is 12.1 Å². The molecule has 0 aliphatic heterocycles. The van der Waals surface area contributed by atoms with Crippen LogP contribution in [0.1, 0.15) is 18.9 Å². The highest BCUT2D eigenvalue weighted by Gasteiger charge is 2.06. The van der Waals surface area contributed by atoms with Gasteiger partial charge in [0.1, 0.15) is 5.82 Å². The fourth-order valence-corrected chi connectivity index (χ4v) is 1.14. The van der Waals surface area contributed by atoms with Crippen LogP contribution in [0.4, 0.5) is 4.39 Å². The standard InChI is InChI=1S/C12H14FNO2/c1-2-7-16-12(15)8-11(14)9-5-3-4-6-10(9)13/h3-6,8H,2,7,14H2,1H3. The van der Waals surface area contributed by atoms with E-state index in [0.717, 1.165) is 12.5 Å². The van der Waals surface area contributed by atoms with Crippen molar-refractivity contribution in [1.29, 1.82) is 0 Å². The molecule has 1 aromatic rings. The van der Waals surface area contributed by atoms with Crippen molar-refractivity contribution >= 4 is 11.7 Å². The van der Waals surface area contributed by atoms with Crippen LogP contribution in [0.5, 0.6) is 0 Å². The molecule has 0 bridgehead atoms. The first-order valence-electron chi connectivity index (χ1n) is 5.04. The molecule has 0 spiro atoms. The van der Waals surface area contributed by atoms with E-state index in [0.29, 0.717) is 6.61 Å². The van der Waals surface area contributed by atoms with Crippen molar-refractivity contribution < 1.29 is 13.9 Å². The van der Waals surface area contributed by atoms with Crippen molar-refractivity contribution in [3.8, 4) is 0 Å². The van der Waals surface area contributed by atoms with Crippen LogP contribution in [0.3, 0.4) is 0 Å². The molecule has 0 saturated carbocycles. The van der Waals surface area contributed by atoms with Gasteiger partial charge in [-0.1, -0.05) is 19.1 Å². The first-order chi connectivity index (χ1) is 7.65. The number of hydrogen-bond donors (Lipinski definition) is 1. The van der Waals surface area contributed by atoms with Crippen LogP contribution in [0.15, 0.2) is 30.3 Å². The first-order valence-corrected chi connectivity index (χ1v) is 5.04. The number of nitrogens with two attached hydrogens (primary N) is 1. The maximum absolute atomic E-state index is 13.3. The minimum Gasteiger partial charge on any atom is -0.462 e. The van der Waals surface area contributed by atoms with Gasteiger partial charge in [0.15, 0.2) is 0 Å². The highest BCUT2D eigenvalue weighted by Crippen LogP contribution is 2.13. The Morgan fingerprint density at radius 3 is 2.81 bits per heavy atom. The molecule has 0 amide bonds. The normalized spacial score (nSPS) is 11.2. The number of carbonyl (C=O) groups is 1. The molecule has 0 heterocycles. The van der Waals surface area contributed by atoms with Crippen molar-refractivity contribution in [2.24, 2.45) is 5.73 Å². The number of rotatable bonds is 4. The first kappa shape index (κ1) is 12.2. The van der Waals surface area contributed by atoms with Gasteiger partial charge in [-0.25, -0.2) is 9.18 Å². The third-order valence-electron chi connectivity index (χ3n) is 1.91. The monoisotopic (exact) mass is 223 g/mol. The van der Waals surface area contributed by atoms with Crippen molar-refractivity contribution in [2.75, 3.05) is 6.61 Å². The molecule has 0 unspecified atom stereocenters. The lowest BCUT2D eigenvalue weighted by Gasteiger charge is -2.03. The molecule has 2 N–H and O–H groups in total.